The largest absolute Gasteiger partial charge is 0.346 e. The number of carbonyl (C=O) groups excluding carboxylic acids is 1. The molecular formula is C27H28N6O. The summed E-state index contributed by atoms with van der Waals surface area (Å²) < 4.78 is 3.90. The van der Waals surface area contributed by atoms with Crippen LogP contribution in [0.25, 0.3) is 22.3 Å². The van der Waals surface area contributed by atoms with Crippen LogP contribution in [0.1, 0.15) is 24.8 Å². The molecule has 172 valence electrons. The average Bonchev–Trinajstić information content (AvgIpc) is 3.51. The van der Waals surface area contributed by atoms with E-state index in [4.69, 9.17) is 10.2 Å². The summed E-state index contributed by atoms with van der Waals surface area (Å²) in [4.78, 5) is 19.5. The van der Waals surface area contributed by atoms with E-state index >= 15 is 0 Å². The van der Waals surface area contributed by atoms with E-state index in [0.717, 1.165) is 61.2 Å². The number of nitriles is 1. The Balaban J connectivity index is 1.17. The fourth-order valence-corrected chi connectivity index (χ4v) is 4.75. The van der Waals surface area contributed by atoms with Gasteiger partial charge < -0.3 is 9.47 Å². The molecule has 7 heteroatoms. The molecule has 0 saturated carbocycles. The van der Waals surface area contributed by atoms with Crippen molar-refractivity contribution in [3.05, 3.63) is 72.7 Å². The fourth-order valence-electron chi connectivity index (χ4n) is 4.75. The molecule has 4 heterocycles. The zero-order valence-electron chi connectivity index (χ0n) is 19.2. The molecular weight excluding hydrogens is 424 g/mol. The lowest BCUT2D eigenvalue weighted by Gasteiger charge is -2.32. The first-order valence-electron chi connectivity index (χ1n) is 11.9. The lowest BCUT2D eigenvalue weighted by molar-refractivity contribution is -0.132. The Hall–Kier alpha value is -3.92. The number of rotatable bonds is 7. The van der Waals surface area contributed by atoms with Crippen LogP contribution >= 0.6 is 0 Å². The monoisotopic (exact) mass is 452 g/mol. The summed E-state index contributed by atoms with van der Waals surface area (Å²) in [7, 11) is 0. The third-order valence-electron chi connectivity index (χ3n) is 6.68. The zero-order chi connectivity index (χ0) is 23.3. The summed E-state index contributed by atoms with van der Waals surface area (Å²) in [6.07, 6.45) is 9.16. The van der Waals surface area contributed by atoms with Crippen LogP contribution in [0.15, 0.2) is 67.1 Å². The molecule has 1 aromatic carbocycles. The fraction of sp³-hybridized carbons (Fsp3) is 0.333. The lowest BCUT2D eigenvalue weighted by Crippen LogP contribution is -2.39. The van der Waals surface area contributed by atoms with E-state index < -0.39 is 0 Å². The summed E-state index contributed by atoms with van der Waals surface area (Å²) in [5.41, 5.74) is 5.07. The number of fused-ring (bicyclic) bond motifs is 1. The number of piperidine rings is 1. The van der Waals surface area contributed by atoms with Crippen molar-refractivity contribution in [2.45, 2.75) is 38.8 Å². The minimum Gasteiger partial charge on any atom is -0.346 e. The van der Waals surface area contributed by atoms with Crippen LogP contribution in [0.2, 0.25) is 0 Å². The molecule has 3 aromatic heterocycles. The van der Waals surface area contributed by atoms with E-state index in [1.165, 1.54) is 5.56 Å². The Labute approximate surface area is 199 Å². The van der Waals surface area contributed by atoms with Crippen molar-refractivity contribution in [2.24, 2.45) is 5.92 Å². The first-order chi connectivity index (χ1) is 16.7. The van der Waals surface area contributed by atoms with Crippen LogP contribution in [0, 0.1) is 17.2 Å². The molecule has 5 rings (SSSR count). The van der Waals surface area contributed by atoms with Gasteiger partial charge in [0.25, 0.3) is 0 Å². The van der Waals surface area contributed by atoms with Gasteiger partial charge in [0.1, 0.15) is 6.54 Å². The van der Waals surface area contributed by atoms with Gasteiger partial charge in [-0.1, -0.05) is 30.3 Å². The highest BCUT2D eigenvalue weighted by atomic mass is 16.2. The second-order valence-electron chi connectivity index (χ2n) is 8.96. The lowest BCUT2D eigenvalue weighted by atomic mass is 9.96. The van der Waals surface area contributed by atoms with Gasteiger partial charge in [-0.15, -0.1) is 0 Å². The van der Waals surface area contributed by atoms with E-state index in [1.54, 1.807) is 10.9 Å². The molecule has 0 aliphatic carbocycles. The molecule has 1 saturated heterocycles. The van der Waals surface area contributed by atoms with Gasteiger partial charge in [-0.3, -0.25) is 9.48 Å². The van der Waals surface area contributed by atoms with Crippen LogP contribution in [0.5, 0.6) is 0 Å². The number of likely N-dealkylation sites (tertiary alicyclic amines) is 1. The smallest absolute Gasteiger partial charge is 0.222 e. The maximum Gasteiger partial charge on any atom is 0.222 e. The normalized spacial score (nSPS) is 14.4. The first kappa shape index (κ1) is 21.9. The van der Waals surface area contributed by atoms with Crippen molar-refractivity contribution in [3.63, 3.8) is 0 Å². The molecule has 0 unspecified atom stereocenters. The van der Waals surface area contributed by atoms with E-state index in [9.17, 15) is 4.79 Å². The van der Waals surface area contributed by atoms with Gasteiger partial charge in [0.15, 0.2) is 0 Å². The minimum atomic E-state index is 0.232. The second-order valence-corrected chi connectivity index (χ2v) is 8.96. The van der Waals surface area contributed by atoms with Crippen molar-refractivity contribution in [1.29, 1.82) is 5.26 Å². The van der Waals surface area contributed by atoms with Crippen LogP contribution in [-0.4, -0.2) is 43.2 Å². The third kappa shape index (κ3) is 4.86. The summed E-state index contributed by atoms with van der Waals surface area (Å²) in [6, 6.07) is 18.5. The second kappa shape index (κ2) is 9.92. The zero-order valence-corrected chi connectivity index (χ0v) is 19.2. The van der Waals surface area contributed by atoms with E-state index in [-0.39, 0.29) is 12.5 Å². The Bertz CT molecular complexity index is 1310. The molecule has 1 aliphatic rings. The Morgan fingerprint density at radius 3 is 2.71 bits per heavy atom. The molecule has 0 atom stereocenters. The number of carbonyl (C=O) groups is 1. The van der Waals surface area contributed by atoms with Crippen molar-refractivity contribution >= 4 is 16.9 Å². The number of hydrogen-bond acceptors (Lipinski definition) is 4. The molecule has 7 nitrogen and oxygen atoms in total. The number of nitrogens with zero attached hydrogens (tertiary/aromatic N) is 6. The Morgan fingerprint density at radius 2 is 1.91 bits per heavy atom. The third-order valence-corrected chi connectivity index (χ3v) is 6.68. The van der Waals surface area contributed by atoms with E-state index in [1.807, 2.05) is 35.4 Å². The minimum absolute atomic E-state index is 0.232. The Morgan fingerprint density at radius 1 is 1.09 bits per heavy atom. The average molecular weight is 453 g/mol. The molecule has 0 N–H and O–H groups in total. The summed E-state index contributed by atoms with van der Waals surface area (Å²) in [6.45, 7) is 2.85. The van der Waals surface area contributed by atoms with Crippen molar-refractivity contribution < 1.29 is 4.79 Å². The predicted molar refractivity (Wildman–Crippen MR) is 131 cm³/mol. The van der Waals surface area contributed by atoms with Gasteiger partial charge in [0.05, 0.1) is 29.0 Å². The predicted octanol–water partition coefficient (Wildman–Crippen LogP) is 4.29. The first-order valence-corrected chi connectivity index (χ1v) is 11.9. The van der Waals surface area contributed by atoms with Gasteiger partial charge in [0.2, 0.25) is 5.91 Å². The van der Waals surface area contributed by atoms with Crippen LogP contribution < -0.4 is 0 Å². The van der Waals surface area contributed by atoms with Gasteiger partial charge in [0, 0.05) is 44.0 Å². The van der Waals surface area contributed by atoms with Crippen LogP contribution in [-0.2, 0) is 24.3 Å². The highest BCUT2D eigenvalue weighted by Gasteiger charge is 2.23. The molecule has 4 aromatic rings. The molecule has 1 fully saturated rings. The standard InChI is InChI=1S/C27H28N6O/c28-13-17-33-20-23(18-29-33)24-7-8-26-25(30-24)12-16-32(26)19-22-10-14-31(15-11-22)27(34)9-6-21-4-2-1-3-5-21/h1-5,7-8,12,16,18,20,22H,6,9-11,14-15,17,19H2. The molecule has 1 amide bonds. The molecule has 0 spiro atoms. The van der Waals surface area contributed by atoms with E-state index in [2.05, 4.69) is 46.2 Å². The Kier molecular flexibility index (Phi) is 6.39. The highest BCUT2D eigenvalue weighted by molar-refractivity contribution is 5.79. The number of hydrogen-bond donors (Lipinski definition) is 0. The van der Waals surface area contributed by atoms with Crippen molar-refractivity contribution in [1.82, 2.24) is 24.2 Å². The number of aromatic nitrogens is 4. The number of amides is 1. The van der Waals surface area contributed by atoms with Crippen molar-refractivity contribution in [2.75, 3.05) is 13.1 Å². The SMILES string of the molecule is N#CCn1cc(-c2ccc3c(ccn3CC3CCN(C(=O)CCc4ccccc4)CC3)n2)cn1. The quantitative estimate of drug-likeness (QED) is 0.419. The molecule has 1 aliphatic heterocycles. The highest BCUT2D eigenvalue weighted by Crippen LogP contribution is 2.25. The van der Waals surface area contributed by atoms with Crippen LogP contribution in [0.4, 0.5) is 0 Å². The van der Waals surface area contributed by atoms with Gasteiger partial charge >= 0.3 is 0 Å². The van der Waals surface area contributed by atoms with Crippen molar-refractivity contribution in [3.8, 4) is 17.3 Å². The molecule has 0 bridgehead atoms. The maximum absolute atomic E-state index is 12.6. The molecule has 0 radical (unpaired) electrons. The van der Waals surface area contributed by atoms with E-state index in [0.29, 0.717) is 12.3 Å². The van der Waals surface area contributed by atoms with Gasteiger partial charge in [-0.2, -0.15) is 10.4 Å². The maximum atomic E-state index is 12.6. The van der Waals surface area contributed by atoms with Crippen LogP contribution in [0.3, 0.4) is 0 Å². The van der Waals surface area contributed by atoms with Gasteiger partial charge in [-0.25, -0.2) is 4.98 Å². The topological polar surface area (TPSA) is 79.7 Å². The molecule has 34 heavy (non-hydrogen) atoms. The number of benzene rings is 1. The van der Waals surface area contributed by atoms with Gasteiger partial charge in [-0.05, 0) is 48.9 Å². The summed E-state index contributed by atoms with van der Waals surface area (Å²) in [5, 5.41) is 13.0. The summed E-state index contributed by atoms with van der Waals surface area (Å²) in [5.74, 6) is 0.821. The number of pyridine rings is 1. The number of aryl methyl sites for hydroxylation is 1. The summed E-state index contributed by atoms with van der Waals surface area (Å²) >= 11 is 0.